The molecule has 264 valence electrons. The maximum Gasteiger partial charge on any atom is 0.246 e. The Morgan fingerprint density at radius 3 is 2.08 bits per heavy atom. The number of aliphatic imine (C=N–C) groups is 1. The molecule has 0 radical (unpaired) electrons. The van der Waals surface area contributed by atoms with Gasteiger partial charge in [0.15, 0.2) is 5.96 Å². The number of nitrogens with one attached hydrogen (secondary N) is 3. The van der Waals surface area contributed by atoms with Crippen LogP contribution in [0.1, 0.15) is 57.9 Å². The zero-order valence-corrected chi connectivity index (χ0v) is 27.7. The number of likely N-dealkylation sites (tertiary alicyclic amines) is 2. The van der Waals surface area contributed by atoms with Crippen LogP contribution in [0.2, 0.25) is 0 Å². The van der Waals surface area contributed by atoms with Crippen LogP contribution >= 0.6 is 0 Å². The minimum Gasteiger partial charge on any atom is -0.370 e. The van der Waals surface area contributed by atoms with Crippen LogP contribution in [-0.2, 0) is 35.2 Å². The first-order chi connectivity index (χ1) is 22.8. The van der Waals surface area contributed by atoms with Crippen molar-refractivity contribution in [2.45, 2.75) is 89.0 Å². The van der Waals surface area contributed by atoms with Gasteiger partial charge in [-0.1, -0.05) is 44.2 Å². The summed E-state index contributed by atoms with van der Waals surface area (Å²) in [5.74, 6) is -3.58. The van der Waals surface area contributed by atoms with Gasteiger partial charge in [0.2, 0.25) is 35.4 Å². The average Bonchev–Trinajstić information content (AvgIpc) is 3.75. The number of rotatable bonds is 16. The minimum absolute atomic E-state index is 0.0982. The maximum absolute atomic E-state index is 13.8. The van der Waals surface area contributed by atoms with E-state index >= 15 is 0 Å². The number of nitrogens with two attached hydrogens (primary N) is 4. The SMILES string of the molecule is CC(C)C(NC(=O)C(Cc1ccccc1)NC(=O)C(CCCN=C(N)N)NC(=O)C1CCCN1C(=O)C1CCCN1C(=O)CN)C(N)=O. The fourth-order valence-electron chi connectivity index (χ4n) is 6.13. The van der Waals surface area contributed by atoms with E-state index in [2.05, 4.69) is 20.9 Å². The van der Waals surface area contributed by atoms with Gasteiger partial charge in [0.1, 0.15) is 30.2 Å². The Morgan fingerprint density at radius 1 is 0.854 bits per heavy atom. The quantitative estimate of drug-likeness (QED) is 0.0572. The molecule has 2 heterocycles. The largest absolute Gasteiger partial charge is 0.370 e. The molecule has 0 aromatic heterocycles. The first kappa shape index (κ1) is 37.7. The van der Waals surface area contributed by atoms with E-state index in [0.717, 1.165) is 5.56 Å². The fraction of sp³-hybridized carbons (Fsp3) is 0.594. The van der Waals surface area contributed by atoms with Crippen LogP contribution in [0.3, 0.4) is 0 Å². The summed E-state index contributed by atoms with van der Waals surface area (Å²) in [5, 5.41) is 8.20. The molecule has 16 heteroatoms. The van der Waals surface area contributed by atoms with Gasteiger partial charge in [0.05, 0.1) is 6.54 Å². The molecule has 3 rings (SSSR count). The van der Waals surface area contributed by atoms with Crippen molar-refractivity contribution in [2.75, 3.05) is 26.2 Å². The molecule has 2 saturated heterocycles. The van der Waals surface area contributed by atoms with E-state index < -0.39 is 53.8 Å². The average molecular weight is 671 g/mol. The molecule has 2 aliphatic heterocycles. The Kier molecular flexibility index (Phi) is 14.1. The first-order valence-corrected chi connectivity index (χ1v) is 16.4. The predicted octanol–water partition coefficient (Wildman–Crippen LogP) is -2.18. The zero-order chi connectivity index (χ0) is 35.4. The summed E-state index contributed by atoms with van der Waals surface area (Å²) in [6, 6.07) is 4.26. The molecule has 11 N–H and O–H groups in total. The number of nitrogens with zero attached hydrogens (tertiary/aromatic N) is 3. The third-order valence-corrected chi connectivity index (χ3v) is 8.64. The van der Waals surface area contributed by atoms with Crippen molar-refractivity contribution in [3.63, 3.8) is 0 Å². The van der Waals surface area contributed by atoms with Crippen LogP contribution in [-0.4, -0.2) is 108 Å². The van der Waals surface area contributed by atoms with Crippen molar-refractivity contribution in [1.29, 1.82) is 0 Å². The second kappa shape index (κ2) is 18.0. The van der Waals surface area contributed by atoms with Crippen molar-refractivity contribution >= 4 is 41.4 Å². The summed E-state index contributed by atoms with van der Waals surface area (Å²) in [4.78, 5) is 85.9. The molecule has 0 bridgehead atoms. The molecule has 1 aromatic rings. The normalized spacial score (nSPS) is 19.2. The van der Waals surface area contributed by atoms with E-state index in [-0.39, 0.29) is 49.6 Å². The third kappa shape index (κ3) is 10.4. The topological polar surface area (TPSA) is 261 Å². The molecular weight excluding hydrogens is 620 g/mol. The Morgan fingerprint density at radius 2 is 1.48 bits per heavy atom. The number of guanidine groups is 1. The summed E-state index contributed by atoms with van der Waals surface area (Å²) in [6.07, 6.45) is 2.60. The number of primary amides is 1. The van der Waals surface area contributed by atoms with Crippen LogP contribution < -0.4 is 38.9 Å². The minimum atomic E-state index is -1.12. The van der Waals surface area contributed by atoms with Gasteiger partial charge in [-0.3, -0.25) is 33.8 Å². The van der Waals surface area contributed by atoms with E-state index in [4.69, 9.17) is 22.9 Å². The molecular formula is C32H50N10O6. The monoisotopic (exact) mass is 670 g/mol. The number of carbonyl (C=O) groups excluding carboxylic acids is 6. The summed E-state index contributed by atoms with van der Waals surface area (Å²) < 4.78 is 0. The Hall–Kier alpha value is -4.73. The van der Waals surface area contributed by atoms with Crippen molar-refractivity contribution in [3.05, 3.63) is 35.9 Å². The van der Waals surface area contributed by atoms with Gasteiger partial charge in [-0.25, -0.2) is 0 Å². The molecule has 16 nitrogen and oxygen atoms in total. The standard InChI is InChI=1S/C32H50N10O6/c1-19(2)26(27(34)44)40-29(46)22(17-20-9-4-3-5-10-20)39-28(45)21(11-6-14-37-32(35)36)38-30(47)23-12-7-16-42(23)31(48)24-13-8-15-41(24)25(43)18-33/h3-5,9-10,19,21-24,26H,6-8,11-18,33H2,1-2H3,(H2,34,44)(H,38,47)(H,39,45)(H,40,46)(H4,35,36,37). The van der Waals surface area contributed by atoms with Gasteiger partial charge in [-0.15, -0.1) is 0 Å². The number of amides is 6. The van der Waals surface area contributed by atoms with E-state index in [1.165, 1.54) is 9.80 Å². The highest BCUT2D eigenvalue weighted by atomic mass is 16.2. The van der Waals surface area contributed by atoms with Gasteiger partial charge in [0.25, 0.3) is 0 Å². The lowest BCUT2D eigenvalue weighted by Gasteiger charge is -2.31. The molecule has 1 aromatic carbocycles. The molecule has 48 heavy (non-hydrogen) atoms. The summed E-state index contributed by atoms with van der Waals surface area (Å²) in [6.45, 7) is 4.19. The molecule has 2 fully saturated rings. The van der Waals surface area contributed by atoms with Gasteiger partial charge in [0, 0.05) is 26.1 Å². The second-order valence-electron chi connectivity index (χ2n) is 12.5. The number of benzene rings is 1. The highest BCUT2D eigenvalue weighted by Crippen LogP contribution is 2.25. The smallest absolute Gasteiger partial charge is 0.246 e. The Balaban J connectivity index is 1.81. The summed E-state index contributed by atoms with van der Waals surface area (Å²) >= 11 is 0. The van der Waals surface area contributed by atoms with Crippen LogP contribution in [0, 0.1) is 5.92 Å². The van der Waals surface area contributed by atoms with Gasteiger partial charge in [-0.05, 0) is 50.0 Å². The van der Waals surface area contributed by atoms with E-state index in [1.807, 2.05) is 6.07 Å². The lowest BCUT2D eigenvalue weighted by molar-refractivity contribution is -0.146. The molecule has 5 unspecified atom stereocenters. The number of carbonyl (C=O) groups is 6. The fourth-order valence-corrected chi connectivity index (χ4v) is 6.13. The van der Waals surface area contributed by atoms with Crippen LogP contribution in [0.4, 0.5) is 0 Å². The zero-order valence-electron chi connectivity index (χ0n) is 27.7. The van der Waals surface area contributed by atoms with E-state index in [0.29, 0.717) is 45.2 Å². The Bertz CT molecular complexity index is 1340. The van der Waals surface area contributed by atoms with Crippen LogP contribution in [0.15, 0.2) is 35.3 Å². The predicted molar refractivity (Wildman–Crippen MR) is 178 cm³/mol. The van der Waals surface area contributed by atoms with E-state index in [1.54, 1.807) is 38.1 Å². The summed E-state index contributed by atoms with van der Waals surface area (Å²) in [7, 11) is 0. The van der Waals surface area contributed by atoms with E-state index in [9.17, 15) is 28.8 Å². The van der Waals surface area contributed by atoms with Crippen molar-refractivity contribution < 1.29 is 28.8 Å². The highest BCUT2D eigenvalue weighted by Gasteiger charge is 2.42. The molecule has 6 amide bonds. The van der Waals surface area contributed by atoms with Gasteiger partial charge >= 0.3 is 0 Å². The van der Waals surface area contributed by atoms with Crippen molar-refractivity contribution in [1.82, 2.24) is 25.8 Å². The molecule has 0 spiro atoms. The van der Waals surface area contributed by atoms with Crippen molar-refractivity contribution in [3.8, 4) is 0 Å². The molecule has 5 atom stereocenters. The Labute approximate surface area is 280 Å². The number of hydrogen-bond donors (Lipinski definition) is 7. The molecule has 0 saturated carbocycles. The van der Waals surface area contributed by atoms with Crippen LogP contribution in [0.25, 0.3) is 0 Å². The third-order valence-electron chi connectivity index (χ3n) is 8.64. The maximum atomic E-state index is 13.8. The lowest BCUT2D eigenvalue weighted by atomic mass is 10.0. The second-order valence-corrected chi connectivity index (χ2v) is 12.5. The highest BCUT2D eigenvalue weighted by molar-refractivity contribution is 5.97. The van der Waals surface area contributed by atoms with Gasteiger partial charge < -0.3 is 48.7 Å². The van der Waals surface area contributed by atoms with Crippen molar-refractivity contribution in [2.24, 2.45) is 33.8 Å². The summed E-state index contributed by atoms with van der Waals surface area (Å²) in [5.41, 5.74) is 22.7. The lowest BCUT2D eigenvalue weighted by Crippen LogP contribution is -2.59. The molecule has 0 aliphatic carbocycles. The first-order valence-electron chi connectivity index (χ1n) is 16.4. The van der Waals surface area contributed by atoms with Gasteiger partial charge in [-0.2, -0.15) is 0 Å². The van der Waals surface area contributed by atoms with Crippen LogP contribution in [0.5, 0.6) is 0 Å². The number of hydrogen-bond acceptors (Lipinski definition) is 8. The molecule has 2 aliphatic rings.